The number of anilines is 2. The van der Waals surface area contributed by atoms with E-state index < -0.39 is 4.92 Å². The van der Waals surface area contributed by atoms with Gasteiger partial charge in [0.25, 0.3) is 5.69 Å². The molecule has 98 valence electrons. The molecule has 0 bridgehead atoms. The zero-order chi connectivity index (χ0) is 13.8. The summed E-state index contributed by atoms with van der Waals surface area (Å²) in [7, 11) is 1.51. The van der Waals surface area contributed by atoms with E-state index in [9.17, 15) is 15.2 Å². The maximum Gasteiger partial charge on any atom is 0.292 e. The fraction of sp³-hybridized carbons (Fsp3) is 0.0769. The Kier molecular flexibility index (Phi) is 3.51. The number of rotatable bonds is 4. The molecule has 0 atom stereocenters. The zero-order valence-corrected chi connectivity index (χ0v) is 10.2. The van der Waals surface area contributed by atoms with Crippen LogP contribution in [0.25, 0.3) is 0 Å². The van der Waals surface area contributed by atoms with Gasteiger partial charge >= 0.3 is 0 Å². The van der Waals surface area contributed by atoms with Gasteiger partial charge in [-0.2, -0.15) is 0 Å². The topological polar surface area (TPSA) is 84.6 Å². The van der Waals surface area contributed by atoms with Gasteiger partial charge in [0.15, 0.2) is 0 Å². The third kappa shape index (κ3) is 2.74. The van der Waals surface area contributed by atoms with Crippen LogP contribution < -0.4 is 10.1 Å². The number of ether oxygens (including phenoxy) is 1. The summed E-state index contributed by atoms with van der Waals surface area (Å²) in [6, 6.07) is 10.8. The number of para-hydroxylation sites is 2. The predicted molar refractivity (Wildman–Crippen MR) is 71.0 cm³/mol. The van der Waals surface area contributed by atoms with Crippen molar-refractivity contribution in [2.24, 2.45) is 0 Å². The molecule has 2 aromatic rings. The highest BCUT2D eigenvalue weighted by atomic mass is 16.6. The molecular formula is C13H12N2O4. The second-order valence-electron chi connectivity index (χ2n) is 3.78. The number of nitrogens with zero attached hydrogens (tertiary/aromatic N) is 1. The summed E-state index contributed by atoms with van der Waals surface area (Å²) in [4.78, 5) is 10.4. The molecule has 0 amide bonds. The average molecular weight is 260 g/mol. The molecule has 2 N–H and O–H groups in total. The van der Waals surface area contributed by atoms with Crippen molar-refractivity contribution >= 4 is 17.1 Å². The Balaban J connectivity index is 2.42. The van der Waals surface area contributed by atoms with E-state index in [1.54, 1.807) is 24.3 Å². The van der Waals surface area contributed by atoms with Gasteiger partial charge in [-0.15, -0.1) is 0 Å². The molecule has 0 fully saturated rings. The average Bonchev–Trinajstić information content (AvgIpc) is 2.39. The summed E-state index contributed by atoms with van der Waals surface area (Å²) < 4.78 is 5.15. The Bertz CT molecular complexity index is 613. The first-order valence-electron chi connectivity index (χ1n) is 5.49. The molecule has 0 radical (unpaired) electrons. The number of aromatic hydroxyl groups is 1. The van der Waals surface area contributed by atoms with Crippen molar-refractivity contribution in [1.82, 2.24) is 0 Å². The lowest BCUT2D eigenvalue weighted by Gasteiger charge is -2.11. The summed E-state index contributed by atoms with van der Waals surface area (Å²) in [5, 5.41) is 23.2. The van der Waals surface area contributed by atoms with Crippen molar-refractivity contribution in [3.63, 3.8) is 0 Å². The number of phenolic OH excluding ortho intramolecular Hbond substituents is 1. The van der Waals surface area contributed by atoms with Crippen LogP contribution in [0, 0.1) is 10.1 Å². The van der Waals surface area contributed by atoms with E-state index in [4.69, 9.17) is 4.74 Å². The highest BCUT2D eigenvalue weighted by Gasteiger charge is 2.15. The molecule has 0 heterocycles. The highest BCUT2D eigenvalue weighted by molar-refractivity contribution is 5.74. The fourth-order valence-electron chi connectivity index (χ4n) is 1.68. The van der Waals surface area contributed by atoms with Gasteiger partial charge in [-0.05, 0) is 18.2 Å². The molecule has 2 rings (SSSR count). The maximum absolute atomic E-state index is 10.9. The summed E-state index contributed by atoms with van der Waals surface area (Å²) in [6.45, 7) is 0. The number of nitrogens with one attached hydrogen (secondary N) is 1. The van der Waals surface area contributed by atoms with Gasteiger partial charge in [-0.3, -0.25) is 10.1 Å². The first kappa shape index (κ1) is 12.7. The third-order valence-corrected chi connectivity index (χ3v) is 2.55. The number of benzene rings is 2. The van der Waals surface area contributed by atoms with Gasteiger partial charge < -0.3 is 15.2 Å². The number of hydrogen-bond donors (Lipinski definition) is 2. The van der Waals surface area contributed by atoms with Gasteiger partial charge in [-0.1, -0.05) is 12.1 Å². The van der Waals surface area contributed by atoms with Gasteiger partial charge in [-0.25, -0.2) is 0 Å². The van der Waals surface area contributed by atoms with Crippen LogP contribution in [-0.4, -0.2) is 17.1 Å². The van der Waals surface area contributed by atoms with E-state index in [1.165, 1.54) is 25.3 Å². The van der Waals surface area contributed by atoms with Crippen molar-refractivity contribution in [3.05, 3.63) is 52.6 Å². The molecule has 2 aromatic carbocycles. The Morgan fingerprint density at radius 3 is 2.63 bits per heavy atom. The van der Waals surface area contributed by atoms with Crippen LogP contribution in [0.1, 0.15) is 0 Å². The Labute approximate surface area is 109 Å². The summed E-state index contributed by atoms with van der Waals surface area (Å²) >= 11 is 0. The van der Waals surface area contributed by atoms with Gasteiger partial charge in [0.2, 0.25) is 0 Å². The summed E-state index contributed by atoms with van der Waals surface area (Å²) in [5.74, 6) is 0.503. The number of phenols is 1. The normalized spacial score (nSPS) is 9.95. The summed E-state index contributed by atoms with van der Waals surface area (Å²) in [5.41, 5.74) is 0.664. The lowest BCUT2D eigenvalue weighted by atomic mass is 10.2. The molecule has 0 aliphatic heterocycles. The highest BCUT2D eigenvalue weighted by Crippen LogP contribution is 2.34. The van der Waals surface area contributed by atoms with E-state index in [0.717, 1.165) is 0 Å². The molecule has 0 saturated heterocycles. The van der Waals surface area contributed by atoms with E-state index in [-0.39, 0.29) is 17.1 Å². The fourth-order valence-corrected chi connectivity index (χ4v) is 1.68. The van der Waals surface area contributed by atoms with Crippen molar-refractivity contribution in [1.29, 1.82) is 0 Å². The summed E-state index contributed by atoms with van der Waals surface area (Å²) in [6.07, 6.45) is 0. The zero-order valence-electron chi connectivity index (χ0n) is 10.2. The standard InChI is InChI=1S/C13H12N2O4/c1-19-13-5-3-2-4-10(13)14-11-8-9(16)6-7-12(11)15(17)18/h2-8,14,16H,1H3. The quantitative estimate of drug-likeness (QED) is 0.652. The van der Waals surface area contributed by atoms with Crippen LogP contribution in [0.2, 0.25) is 0 Å². The van der Waals surface area contributed by atoms with Crippen molar-refractivity contribution in [2.75, 3.05) is 12.4 Å². The molecule has 0 spiro atoms. The van der Waals surface area contributed by atoms with Crippen LogP contribution in [0.5, 0.6) is 11.5 Å². The van der Waals surface area contributed by atoms with Crippen LogP contribution in [0.4, 0.5) is 17.1 Å². The second-order valence-corrected chi connectivity index (χ2v) is 3.78. The van der Waals surface area contributed by atoms with Gasteiger partial charge in [0, 0.05) is 12.1 Å². The lowest BCUT2D eigenvalue weighted by molar-refractivity contribution is -0.383. The molecule has 6 heteroatoms. The number of nitro benzene ring substituents is 1. The minimum Gasteiger partial charge on any atom is -0.508 e. The van der Waals surface area contributed by atoms with Crippen molar-refractivity contribution in [3.8, 4) is 11.5 Å². The minimum atomic E-state index is -0.517. The molecule has 0 saturated carbocycles. The third-order valence-electron chi connectivity index (χ3n) is 2.55. The van der Waals surface area contributed by atoms with Gasteiger partial charge in [0.1, 0.15) is 17.2 Å². The molecule has 0 aromatic heterocycles. The van der Waals surface area contributed by atoms with Crippen LogP contribution in [0.3, 0.4) is 0 Å². The van der Waals surface area contributed by atoms with E-state index in [0.29, 0.717) is 11.4 Å². The molecule has 6 nitrogen and oxygen atoms in total. The van der Waals surface area contributed by atoms with Crippen molar-refractivity contribution in [2.45, 2.75) is 0 Å². The Morgan fingerprint density at radius 2 is 1.95 bits per heavy atom. The maximum atomic E-state index is 10.9. The van der Waals surface area contributed by atoms with E-state index in [2.05, 4.69) is 5.32 Å². The number of nitro groups is 1. The molecular weight excluding hydrogens is 248 g/mol. The molecule has 19 heavy (non-hydrogen) atoms. The van der Waals surface area contributed by atoms with E-state index in [1.807, 2.05) is 0 Å². The minimum absolute atomic E-state index is 0.0528. The number of methoxy groups -OCH3 is 1. The second kappa shape index (κ2) is 5.26. The smallest absolute Gasteiger partial charge is 0.292 e. The Hall–Kier alpha value is -2.76. The first-order valence-corrected chi connectivity index (χ1v) is 5.49. The molecule has 0 aliphatic rings. The largest absolute Gasteiger partial charge is 0.508 e. The van der Waals surface area contributed by atoms with Crippen molar-refractivity contribution < 1.29 is 14.8 Å². The first-order chi connectivity index (χ1) is 9.11. The van der Waals surface area contributed by atoms with Crippen LogP contribution in [0.15, 0.2) is 42.5 Å². The SMILES string of the molecule is COc1ccccc1Nc1cc(O)ccc1[N+](=O)[O-]. The van der Waals surface area contributed by atoms with Gasteiger partial charge in [0.05, 0.1) is 17.7 Å². The monoisotopic (exact) mass is 260 g/mol. The lowest BCUT2D eigenvalue weighted by Crippen LogP contribution is -1.98. The van der Waals surface area contributed by atoms with Crippen LogP contribution >= 0.6 is 0 Å². The molecule has 0 unspecified atom stereocenters. The van der Waals surface area contributed by atoms with E-state index >= 15 is 0 Å². The predicted octanol–water partition coefficient (Wildman–Crippen LogP) is 3.05. The van der Waals surface area contributed by atoms with Crippen LogP contribution in [-0.2, 0) is 0 Å². The Morgan fingerprint density at radius 1 is 1.21 bits per heavy atom. The number of hydrogen-bond acceptors (Lipinski definition) is 5. The molecule has 0 aliphatic carbocycles.